The molecular weight excluding hydrogens is 508 g/mol. The summed E-state index contributed by atoms with van der Waals surface area (Å²) in [6.07, 6.45) is 0. The number of fused-ring (bicyclic) bond motifs is 1. The van der Waals surface area contributed by atoms with E-state index in [0.717, 1.165) is 9.35 Å². The molecular formula is C19H21ClN6O4S3. The number of aryl methyl sites for hydroxylation is 2. The van der Waals surface area contributed by atoms with Crippen molar-refractivity contribution in [3.8, 4) is 0 Å². The number of β-lactam (4-membered cyclic amide) rings is 1. The molecule has 2 aromatic rings. The molecule has 0 aliphatic carbocycles. The fourth-order valence-electron chi connectivity index (χ4n) is 3.68. The fourth-order valence-corrected chi connectivity index (χ4v) is 7.11. The van der Waals surface area contributed by atoms with Gasteiger partial charge in [-0.05, 0) is 33.3 Å². The van der Waals surface area contributed by atoms with Gasteiger partial charge in [0.1, 0.15) is 28.2 Å². The SMILES string of the molecule is Cc1nnc(SCC2=C(C(=O)O)N3C(=O)[C@H](NC(=O)[C@@H](C)n4nc(C)c(Cl)c4C)[C@H]3SC2)s1. The Hall–Kier alpha value is -2.09. The number of aliphatic carboxylic acids is 1. The zero-order valence-electron chi connectivity index (χ0n) is 18.2. The van der Waals surface area contributed by atoms with Gasteiger partial charge in [0.05, 0.1) is 16.4 Å². The Balaban J connectivity index is 1.46. The maximum atomic E-state index is 12.9. The molecule has 0 saturated carbocycles. The summed E-state index contributed by atoms with van der Waals surface area (Å²) in [5.41, 5.74) is 1.91. The van der Waals surface area contributed by atoms with Gasteiger partial charge in [-0.2, -0.15) is 5.10 Å². The minimum atomic E-state index is -1.16. The number of halogens is 1. The van der Waals surface area contributed by atoms with E-state index in [1.807, 2.05) is 6.92 Å². The number of nitrogens with zero attached hydrogens (tertiary/aromatic N) is 5. The summed E-state index contributed by atoms with van der Waals surface area (Å²) in [5, 5.41) is 25.7. The number of rotatable bonds is 7. The van der Waals surface area contributed by atoms with Crippen LogP contribution in [0.5, 0.6) is 0 Å². The molecule has 33 heavy (non-hydrogen) atoms. The maximum absolute atomic E-state index is 12.9. The average molecular weight is 529 g/mol. The highest BCUT2D eigenvalue weighted by Crippen LogP contribution is 2.42. The van der Waals surface area contributed by atoms with Crippen LogP contribution >= 0.6 is 46.5 Å². The van der Waals surface area contributed by atoms with E-state index in [2.05, 4.69) is 20.6 Å². The Kier molecular flexibility index (Phi) is 6.76. The van der Waals surface area contributed by atoms with E-state index in [0.29, 0.717) is 33.5 Å². The minimum Gasteiger partial charge on any atom is -0.477 e. The number of carbonyl (C=O) groups is 3. The van der Waals surface area contributed by atoms with E-state index in [-0.39, 0.29) is 11.6 Å². The van der Waals surface area contributed by atoms with Crippen molar-refractivity contribution in [3.05, 3.63) is 32.7 Å². The number of aromatic nitrogens is 4. The first-order chi connectivity index (χ1) is 15.6. The van der Waals surface area contributed by atoms with Crippen molar-refractivity contribution in [2.45, 2.75) is 49.5 Å². The predicted octanol–water partition coefficient (Wildman–Crippen LogP) is 2.41. The molecule has 2 amide bonds. The molecule has 3 atom stereocenters. The lowest BCUT2D eigenvalue weighted by Crippen LogP contribution is -2.71. The molecule has 0 unspecified atom stereocenters. The third-order valence-electron chi connectivity index (χ3n) is 5.41. The Bertz CT molecular complexity index is 1180. The van der Waals surface area contributed by atoms with Gasteiger partial charge >= 0.3 is 5.97 Å². The normalized spacial score (nSPS) is 21.0. The molecule has 2 N–H and O–H groups in total. The Morgan fingerprint density at radius 3 is 2.64 bits per heavy atom. The first kappa shape index (κ1) is 24.0. The van der Waals surface area contributed by atoms with Gasteiger partial charge in [-0.3, -0.25) is 19.2 Å². The van der Waals surface area contributed by atoms with E-state index in [4.69, 9.17) is 11.6 Å². The molecule has 14 heteroatoms. The van der Waals surface area contributed by atoms with Crippen LogP contribution in [0.3, 0.4) is 0 Å². The van der Waals surface area contributed by atoms with E-state index in [1.54, 1.807) is 20.8 Å². The van der Waals surface area contributed by atoms with Crippen molar-refractivity contribution in [3.63, 3.8) is 0 Å². The Morgan fingerprint density at radius 1 is 1.33 bits per heavy atom. The number of carbonyl (C=O) groups excluding carboxylic acids is 2. The van der Waals surface area contributed by atoms with Gasteiger partial charge in [0.25, 0.3) is 5.91 Å². The third kappa shape index (κ3) is 4.38. The smallest absolute Gasteiger partial charge is 0.352 e. The second kappa shape index (κ2) is 9.28. The summed E-state index contributed by atoms with van der Waals surface area (Å²) >= 11 is 10.4. The van der Waals surface area contributed by atoms with Crippen LogP contribution in [0.2, 0.25) is 5.02 Å². The summed E-state index contributed by atoms with van der Waals surface area (Å²) in [4.78, 5) is 39.0. The van der Waals surface area contributed by atoms with Crippen molar-refractivity contribution < 1.29 is 19.5 Å². The Labute approximate surface area is 207 Å². The van der Waals surface area contributed by atoms with Gasteiger partial charge < -0.3 is 10.4 Å². The van der Waals surface area contributed by atoms with E-state index in [1.165, 1.54) is 44.4 Å². The van der Waals surface area contributed by atoms with Gasteiger partial charge in [-0.15, -0.1) is 22.0 Å². The van der Waals surface area contributed by atoms with Gasteiger partial charge in [0, 0.05) is 11.5 Å². The third-order valence-corrected chi connectivity index (χ3v) is 9.35. The summed E-state index contributed by atoms with van der Waals surface area (Å²) in [6, 6.07) is -1.48. The molecule has 10 nitrogen and oxygen atoms in total. The number of carboxylic acids is 1. The number of hydrogen-bond donors (Lipinski definition) is 2. The van der Waals surface area contributed by atoms with Crippen LogP contribution in [0.25, 0.3) is 0 Å². The molecule has 1 saturated heterocycles. The lowest BCUT2D eigenvalue weighted by Gasteiger charge is -2.49. The summed E-state index contributed by atoms with van der Waals surface area (Å²) in [6.45, 7) is 7.05. The van der Waals surface area contributed by atoms with Crippen molar-refractivity contribution in [2.24, 2.45) is 0 Å². The number of nitrogens with one attached hydrogen (secondary N) is 1. The summed E-state index contributed by atoms with van der Waals surface area (Å²) in [5.74, 6) is -1.15. The molecule has 4 rings (SSSR count). The topological polar surface area (TPSA) is 130 Å². The molecule has 4 heterocycles. The minimum absolute atomic E-state index is 0.0126. The average Bonchev–Trinajstić information content (AvgIpc) is 3.31. The van der Waals surface area contributed by atoms with Crippen LogP contribution in [0.4, 0.5) is 0 Å². The molecule has 176 valence electrons. The summed E-state index contributed by atoms with van der Waals surface area (Å²) < 4.78 is 2.27. The number of thioether (sulfide) groups is 2. The van der Waals surface area contributed by atoms with E-state index < -0.39 is 29.3 Å². The van der Waals surface area contributed by atoms with Crippen molar-refractivity contribution in [2.75, 3.05) is 11.5 Å². The zero-order chi connectivity index (χ0) is 24.0. The summed E-state index contributed by atoms with van der Waals surface area (Å²) in [7, 11) is 0. The van der Waals surface area contributed by atoms with Crippen LogP contribution in [0.1, 0.15) is 29.4 Å². The maximum Gasteiger partial charge on any atom is 0.352 e. The monoisotopic (exact) mass is 528 g/mol. The van der Waals surface area contributed by atoms with Crippen LogP contribution in [0, 0.1) is 20.8 Å². The number of amides is 2. The highest BCUT2D eigenvalue weighted by atomic mass is 35.5. The molecule has 0 bridgehead atoms. The van der Waals surface area contributed by atoms with Gasteiger partial charge in [-0.1, -0.05) is 34.7 Å². The highest BCUT2D eigenvalue weighted by molar-refractivity contribution is 8.01. The van der Waals surface area contributed by atoms with E-state index in [9.17, 15) is 19.5 Å². The van der Waals surface area contributed by atoms with Crippen LogP contribution in [-0.2, 0) is 14.4 Å². The zero-order valence-corrected chi connectivity index (χ0v) is 21.4. The molecule has 0 spiro atoms. The predicted molar refractivity (Wildman–Crippen MR) is 126 cm³/mol. The molecule has 2 aromatic heterocycles. The quantitative estimate of drug-likeness (QED) is 0.411. The van der Waals surface area contributed by atoms with Crippen LogP contribution in [0.15, 0.2) is 15.6 Å². The van der Waals surface area contributed by atoms with Crippen molar-refractivity contribution in [1.29, 1.82) is 0 Å². The second-order valence-electron chi connectivity index (χ2n) is 7.63. The Morgan fingerprint density at radius 2 is 2.06 bits per heavy atom. The molecule has 0 aromatic carbocycles. The van der Waals surface area contributed by atoms with Gasteiger partial charge in [-0.25, -0.2) is 4.79 Å². The molecule has 1 fully saturated rings. The van der Waals surface area contributed by atoms with Crippen LogP contribution in [-0.4, -0.2) is 70.7 Å². The van der Waals surface area contributed by atoms with Crippen LogP contribution < -0.4 is 5.32 Å². The van der Waals surface area contributed by atoms with Crippen molar-refractivity contribution >= 4 is 64.2 Å². The molecule has 2 aliphatic rings. The lowest BCUT2D eigenvalue weighted by molar-refractivity contribution is -0.151. The number of hydrogen-bond acceptors (Lipinski definition) is 9. The molecule has 0 radical (unpaired) electrons. The highest BCUT2D eigenvalue weighted by Gasteiger charge is 2.54. The second-order valence-corrected chi connectivity index (χ2v) is 11.5. The largest absolute Gasteiger partial charge is 0.477 e. The van der Waals surface area contributed by atoms with Crippen molar-refractivity contribution in [1.82, 2.24) is 30.2 Å². The lowest BCUT2D eigenvalue weighted by atomic mass is 10.0. The standard InChI is InChI=1S/C19H21ClN6O4S3/c1-7-12(20)8(2)26(24-7)9(3)15(27)21-13-16(28)25-14(18(29)30)11(5-31-17(13)25)6-32-19-23-22-10(4)33-19/h9,13,17H,5-6H2,1-4H3,(H,21,27)(H,29,30)/t9-,13+,17-/m1/s1. The first-order valence-electron chi connectivity index (χ1n) is 9.94. The van der Waals surface area contributed by atoms with Gasteiger partial charge in [0.15, 0.2) is 4.34 Å². The van der Waals surface area contributed by atoms with Gasteiger partial charge in [0.2, 0.25) is 5.91 Å². The first-order valence-corrected chi connectivity index (χ1v) is 13.2. The molecule has 2 aliphatic heterocycles. The fraction of sp³-hybridized carbons (Fsp3) is 0.474. The van der Waals surface area contributed by atoms with E-state index >= 15 is 0 Å². The number of carboxylic acid groups (broad SMARTS) is 1.